The van der Waals surface area contributed by atoms with Crippen LogP contribution >= 0.6 is 0 Å². The zero-order valence-electron chi connectivity index (χ0n) is 18.7. The number of amides is 1. The van der Waals surface area contributed by atoms with E-state index in [1.54, 1.807) is 16.9 Å². The van der Waals surface area contributed by atoms with E-state index in [-0.39, 0.29) is 29.8 Å². The quantitative estimate of drug-likeness (QED) is 0.548. The topological polar surface area (TPSA) is 84.3 Å². The SMILES string of the molecule is CCc1ccc(Cn2nccc2NC(=O)C2CCN(S(=O)(=O)c3ccc(F)c(F)c3)CC2)cc1. The van der Waals surface area contributed by atoms with E-state index in [9.17, 15) is 22.0 Å². The fourth-order valence-electron chi connectivity index (χ4n) is 3.99. The molecule has 1 aliphatic rings. The van der Waals surface area contributed by atoms with Crippen LogP contribution in [0.15, 0.2) is 59.6 Å². The predicted octanol–water partition coefficient (Wildman–Crippen LogP) is 3.81. The molecule has 0 unspecified atom stereocenters. The van der Waals surface area contributed by atoms with Crippen molar-refractivity contribution in [2.45, 2.75) is 37.6 Å². The molecule has 10 heteroatoms. The fourth-order valence-corrected chi connectivity index (χ4v) is 5.47. The van der Waals surface area contributed by atoms with Crippen LogP contribution in [-0.2, 0) is 27.8 Å². The fraction of sp³-hybridized carbons (Fsp3) is 0.333. The van der Waals surface area contributed by atoms with Gasteiger partial charge in [0.15, 0.2) is 11.6 Å². The van der Waals surface area contributed by atoms with Crippen LogP contribution in [0.3, 0.4) is 0 Å². The molecule has 1 fully saturated rings. The summed E-state index contributed by atoms with van der Waals surface area (Å²) in [7, 11) is -3.97. The number of halogens is 2. The third-order valence-corrected chi connectivity index (χ3v) is 7.98. The second-order valence-corrected chi connectivity index (χ2v) is 10.2. The Bertz CT molecular complexity index is 1270. The highest BCUT2D eigenvalue weighted by Crippen LogP contribution is 2.26. The van der Waals surface area contributed by atoms with Crippen molar-refractivity contribution in [2.75, 3.05) is 18.4 Å². The number of piperidine rings is 1. The van der Waals surface area contributed by atoms with Gasteiger partial charge in [-0.1, -0.05) is 31.2 Å². The maximum absolute atomic E-state index is 13.5. The first-order chi connectivity index (χ1) is 16.3. The second kappa shape index (κ2) is 10.0. The molecule has 1 aliphatic heterocycles. The van der Waals surface area contributed by atoms with Crippen LogP contribution in [0.4, 0.5) is 14.6 Å². The standard InChI is InChI=1S/C24H26F2N4O3S/c1-2-17-3-5-18(6-4-17)16-30-23(9-12-27-30)28-24(31)19-10-13-29(14-11-19)34(32,33)20-7-8-21(25)22(26)15-20/h3-9,12,15,19H,2,10-11,13-14,16H2,1H3,(H,28,31). The third kappa shape index (κ3) is 5.18. The van der Waals surface area contributed by atoms with Crippen molar-refractivity contribution in [3.63, 3.8) is 0 Å². The number of aromatic nitrogens is 2. The molecule has 7 nitrogen and oxygen atoms in total. The molecule has 1 N–H and O–H groups in total. The van der Waals surface area contributed by atoms with Gasteiger partial charge in [-0.3, -0.25) is 4.79 Å². The van der Waals surface area contributed by atoms with Gasteiger partial charge in [0.25, 0.3) is 0 Å². The Hall–Kier alpha value is -3.11. The number of carbonyl (C=O) groups excluding carboxylic acids is 1. The van der Waals surface area contributed by atoms with E-state index in [1.807, 2.05) is 12.1 Å². The van der Waals surface area contributed by atoms with Gasteiger partial charge in [-0.2, -0.15) is 9.40 Å². The van der Waals surface area contributed by atoms with Crippen molar-refractivity contribution in [3.8, 4) is 0 Å². The second-order valence-electron chi connectivity index (χ2n) is 8.29. The lowest BCUT2D eigenvalue weighted by molar-refractivity contribution is -0.121. The first-order valence-electron chi connectivity index (χ1n) is 11.1. The van der Waals surface area contributed by atoms with Gasteiger partial charge in [0.2, 0.25) is 15.9 Å². The molecule has 0 spiro atoms. The Labute approximate surface area is 197 Å². The van der Waals surface area contributed by atoms with Crippen LogP contribution in [0, 0.1) is 17.6 Å². The van der Waals surface area contributed by atoms with E-state index in [4.69, 9.17) is 0 Å². The molecule has 0 radical (unpaired) electrons. The predicted molar refractivity (Wildman–Crippen MR) is 124 cm³/mol. The number of nitrogens with zero attached hydrogens (tertiary/aromatic N) is 3. The monoisotopic (exact) mass is 488 g/mol. The van der Waals surface area contributed by atoms with Crippen molar-refractivity contribution in [3.05, 3.63) is 77.5 Å². The Morgan fingerprint density at radius 1 is 1.03 bits per heavy atom. The van der Waals surface area contributed by atoms with Crippen molar-refractivity contribution in [1.82, 2.24) is 14.1 Å². The molecule has 2 heterocycles. The van der Waals surface area contributed by atoms with E-state index < -0.39 is 21.7 Å². The zero-order chi connectivity index (χ0) is 24.3. The Balaban J connectivity index is 1.36. The number of nitrogens with one attached hydrogen (secondary N) is 1. The molecule has 1 amide bonds. The smallest absolute Gasteiger partial charge is 0.243 e. The van der Waals surface area contributed by atoms with Crippen LogP contribution < -0.4 is 5.32 Å². The minimum Gasteiger partial charge on any atom is -0.311 e. The van der Waals surface area contributed by atoms with Crippen molar-refractivity contribution >= 4 is 21.7 Å². The van der Waals surface area contributed by atoms with E-state index in [0.717, 1.165) is 24.1 Å². The lowest BCUT2D eigenvalue weighted by Crippen LogP contribution is -2.41. The number of hydrogen-bond donors (Lipinski definition) is 1. The Kier molecular flexibility index (Phi) is 7.08. The van der Waals surface area contributed by atoms with Gasteiger partial charge in [-0.25, -0.2) is 21.9 Å². The van der Waals surface area contributed by atoms with Crippen LogP contribution in [0.1, 0.15) is 30.9 Å². The van der Waals surface area contributed by atoms with Crippen LogP contribution in [0.2, 0.25) is 0 Å². The molecule has 180 valence electrons. The molecule has 2 aromatic carbocycles. The van der Waals surface area contributed by atoms with Crippen molar-refractivity contribution in [1.29, 1.82) is 0 Å². The van der Waals surface area contributed by atoms with E-state index in [1.165, 1.54) is 9.87 Å². The molecule has 1 saturated heterocycles. The average molecular weight is 489 g/mol. The van der Waals surface area contributed by atoms with Gasteiger partial charge in [0.05, 0.1) is 17.6 Å². The van der Waals surface area contributed by atoms with Gasteiger partial charge in [0, 0.05) is 25.1 Å². The van der Waals surface area contributed by atoms with Gasteiger partial charge >= 0.3 is 0 Å². The molecule has 0 aliphatic carbocycles. The molecular formula is C24H26F2N4O3S. The number of aryl methyl sites for hydroxylation is 1. The summed E-state index contributed by atoms with van der Waals surface area (Å²) in [5, 5.41) is 7.20. The van der Waals surface area contributed by atoms with E-state index >= 15 is 0 Å². The maximum atomic E-state index is 13.5. The number of carbonyl (C=O) groups is 1. The van der Waals surface area contributed by atoms with Crippen molar-refractivity contribution < 1.29 is 22.0 Å². The number of rotatable bonds is 7. The Morgan fingerprint density at radius 3 is 2.35 bits per heavy atom. The van der Waals surface area contributed by atoms with Gasteiger partial charge < -0.3 is 5.32 Å². The summed E-state index contributed by atoms with van der Waals surface area (Å²) in [6.45, 7) is 2.83. The van der Waals surface area contributed by atoms with Crippen LogP contribution in [0.25, 0.3) is 0 Å². The molecule has 3 aromatic rings. The summed E-state index contributed by atoms with van der Waals surface area (Å²) in [5.41, 5.74) is 2.31. The summed E-state index contributed by atoms with van der Waals surface area (Å²) in [5.74, 6) is -2.32. The number of benzene rings is 2. The lowest BCUT2D eigenvalue weighted by atomic mass is 9.97. The highest BCUT2D eigenvalue weighted by molar-refractivity contribution is 7.89. The first-order valence-corrected chi connectivity index (χ1v) is 12.6. The first kappa shape index (κ1) is 24.0. The molecule has 34 heavy (non-hydrogen) atoms. The summed E-state index contributed by atoms with van der Waals surface area (Å²) >= 11 is 0. The lowest BCUT2D eigenvalue weighted by Gasteiger charge is -2.30. The summed E-state index contributed by atoms with van der Waals surface area (Å²) in [6, 6.07) is 12.5. The van der Waals surface area contributed by atoms with Gasteiger partial charge in [-0.05, 0) is 48.6 Å². The third-order valence-electron chi connectivity index (χ3n) is 6.08. The van der Waals surface area contributed by atoms with Gasteiger partial charge in [-0.15, -0.1) is 0 Å². The van der Waals surface area contributed by atoms with Gasteiger partial charge in [0.1, 0.15) is 5.82 Å². The zero-order valence-corrected chi connectivity index (χ0v) is 19.6. The number of sulfonamides is 1. The average Bonchev–Trinajstić information content (AvgIpc) is 3.27. The molecule has 1 aromatic heterocycles. The van der Waals surface area contributed by atoms with Crippen LogP contribution in [0.5, 0.6) is 0 Å². The highest BCUT2D eigenvalue weighted by Gasteiger charge is 2.32. The summed E-state index contributed by atoms with van der Waals surface area (Å²) < 4.78 is 55.1. The molecule has 0 atom stereocenters. The Morgan fingerprint density at radius 2 is 1.71 bits per heavy atom. The minimum atomic E-state index is -3.97. The highest BCUT2D eigenvalue weighted by atomic mass is 32.2. The normalized spacial score (nSPS) is 15.4. The van der Waals surface area contributed by atoms with E-state index in [0.29, 0.717) is 31.3 Å². The summed E-state index contributed by atoms with van der Waals surface area (Å²) in [6.07, 6.45) is 3.22. The number of hydrogen-bond acceptors (Lipinski definition) is 4. The molecule has 0 saturated carbocycles. The maximum Gasteiger partial charge on any atom is 0.243 e. The van der Waals surface area contributed by atoms with Crippen LogP contribution in [-0.4, -0.2) is 41.5 Å². The largest absolute Gasteiger partial charge is 0.311 e. The number of anilines is 1. The molecule has 4 rings (SSSR count). The summed E-state index contributed by atoms with van der Waals surface area (Å²) in [4.78, 5) is 12.5. The molecule has 0 bridgehead atoms. The minimum absolute atomic E-state index is 0.114. The van der Waals surface area contributed by atoms with E-state index in [2.05, 4.69) is 29.5 Å². The van der Waals surface area contributed by atoms with Crippen molar-refractivity contribution in [2.24, 2.45) is 5.92 Å². The molecular weight excluding hydrogens is 462 g/mol.